The minimum atomic E-state index is -0.0259. The van der Waals surface area contributed by atoms with Gasteiger partial charge in [-0.3, -0.25) is 9.36 Å². The third-order valence-electron chi connectivity index (χ3n) is 4.26. The molecule has 0 aliphatic heterocycles. The zero-order valence-corrected chi connectivity index (χ0v) is 17.2. The number of nitrogens with zero attached hydrogens (tertiary/aromatic N) is 3. The normalized spacial score (nSPS) is 12.3. The van der Waals surface area contributed by atoms with Crippen LogP contribution in [0.2, 0.25) is 0 Å². The molecule has 148 valence electrons. The summed E-state index contributed by atoms with van der Waals surface area (Å²) in [4.78, 5) is 13.9. The molecule has 7 nitrogen and oxygen atoms in total. The Morgan fingerprint density at radius 3 is 2.64 bits per heavy atom. The summed E-state index contributed by atoms with van der Waals surface area (Å²) in [6.07, 6.45) is 1.61. The lowest BCUT2D eigenvalue weighted by molar-refractivity contribution is -0.860. The first kappa shape index (κ1) is 20.2. The van der Waals surface area contributed by atoms with E-state index in [1.165, 1.54) is 16.7 Å². The SMILES string of the molecule is CCn1c(SCC(=O)N[C@H](C[NH+](C)C)c2ccccc2)nnc1-c1ccco1. The molecule has 0 saturated carbocycles. The predicted octanol–water partition coefficient (Wildman–Crippen LogP) is 1.65. The highest BCUT2D eigenvalue weighted by molar-refractivity contribution is 7.99. The molecule has 3 aromatic rings. The van der Waals surface area contributed by atoms with Crippen LogP contribution in [0.15, 0.2) is 58.3 Å². The number of quaternary nitrogens is 1. The molecule has 0 bridgehead atoms. The highest BCUT2D eigenvalue weighted by atomic mass is 32.2. The fourth-order valence-corrected chi connectivity index (χ4v) is 3.79. The summed E-state index contributed by atoms with van der Waals surface area (Å²) in [5, 5.41) is 12.3. The van der Waals surface area contributed by atoms with Gasteiger partial charge in [0.1, 0.15) is 12.6 Å². The predicted molar refractivity (Wildman–Crippen MR) is 109 cm³/mol. The quantitative estimate of drug-likeness (QED) is 0.534. The number of carbonyl (C=O) groups is 1. The highest BCUT2D eigenvalue weighted by Crippen LogP contribution is 2.24. The molecule has 0 spiro atoms. The van der Waals surface area contributed by atoms with Crippen molar-refractivity contribution in [2.24, 2.45) is 0 Å². The van der Waals surface area contributed by atoms with E-state index in [2.05, 4.69) is 29.6 Å². The van der Waals surface area contributed by atoms with Crippen molar-refractivity contribution >= 4 is 17.7 Å². The van der Waals surface area contributed by atoms with Gasteiger partial charge in [0, 0.05) is 6.54 Å². The van der Waals surface area contributed by atoms with Crippen molar-refractivity contribution < 1.29 is 14.1 Å². The van der Waals surface area contributed by atoms with Crippen LogP contribution in [0.5, 0.6) is 0 Å². The highest BCUT2D eigenvalue weighted by Gasteiger charge is 2.20. The van der Waals surface area contributed by atoms with Crippen molar-refractivity contribution in [2.75, 3.05) is 26.4 Å². The van der Waals surface area contributed by atoms with Gasteiger partial charge in [0.25, 0.3) is 0 Å². The second-order valence-electron chi connectivity index (χ2n) is 6.76. The molecule has 1 amide bonds. The van der Waals surface area contributed by atoms with Gasteiger partial charge < -0.3 is 14.6 Å². The Morgan fingerprint density at radius 2 is 2.00 bits per heavy atom. The summed E-state index contributed by atoms with van der Waals surface area (Å²) in [6.45, 7) is 3.53. The molecule has 2 heterocycles. The number of hydrogen-bond donors (Lipinski definition) is 2. The van der Waals surface area contributed by atoms with E-state index >= 15 is 0 Å². The van der Waals surface area contributed by atoms with Gasteiger partial charge in [-0.2, -0.15) is 0 Å². The average Bonchev–Trinajstić information content (AvgIpc) is 3.35. The smallest absolute Gasteiger partial charge is 0.231 e. The Kier molecular flexibility index (Phi) is 6.89. The van der Waals surface area contributed by atoms with E-state index in [0.717, 1.165) is 12.1 Å². The molecular formula is C20H26N5O2S+. The van der Waals surface area contributed by atoms with Crippen LogP contribution in [0, 0.1) is 0 Å². The van der Waals surface area contributed by atoms with Gasteiger partial charge in [-0.1, -0.05) is 42.1 Å². The Bertz CT molecular complexity index is 877. The van der Waals surface area contributed by atoms with Gasteiger partial charge in [-0.25, -0.2) is 0 Å². The fraction of sp³-hybridized carbons (Fsp3) is 0.350. The van der Waals surface area contributed by atoms with E-state index in [1.807, 2.05) is 54.0 Å². The molecule has 2 N–H and O–H groups in total. The molecule has 3 rings (SSSR count). The monoisotopic (exact) mass is 400 g/mol. The second kappa shape index (κ2) is 9.57. The Balaban J connectivity index is 1.65. The lowest BCUT2D eigenvalue weighted by Crippen LogP contribution is -3.06. The molecule has 28 heavy (non-hydrogen) atoms. The van der Waals surface area contributed by atoms with Crippen molar-refractivity contribution in [3.63, 3.8) is 0 Å². The van der Waals surface area contributed by atoms with Crippen molar-refractivity contribution in [1.82, 2.24) is 20.1 Å². The van der Waals surface area contributed by atoms with Crippen molar-refractivity contribution in [3.05, 3.63) is 54.3 Å². The molecule has 1 atom stereocenters. The van der Waals surface area contributed by atoms with Crippen LogP contribution < -0.4 is 10.2 Å². The lowest BCUT2D eigenvalue weighted by atomic mass is 10.1. The molecule has 0 unspecified atom stereocenters. The lowest BCUT2D eigenvalue weighted by Gasteiger charge is -2.20. The minimum absolute atomic E-state index is 0.0229. The standard InChI is InChI=1S/C20H25N5O2S/c1-4-25-19(17-11-8-12-27-17)22-23-20(25)28-14-18(26)21-16(13-24(2)3)15-9-6-5-7-10-15/h5-12,16H,4,13-14H2,1-3H3,(H,21,26)/p+1/t16-/m1/s1. The first-order valence-electron chi connectivity index (χ1n) is 9.31. The fourth-order valence-electron chi connectivity index (χ4n) is 2.98. The number of aromatic nitrogens is 3. The van der Waals surface area contributed by atoms with Crippen LogP contribution >= 0.6 is 11.8 Å². The molecule has 2 aromatic heterocycles. The molecule has 8 heteroatoms. The van der Waals surface area contributed by atoms with E-state index < -0.39 is 0 Å². The van der Waals surface area contributed by atoms with E-state index in [1.54, 1.807) is 6.26 Å². The van der Waals surface area contributed by atoms with Crippen LogP contribution in [0.1, 0.15) is 18.5 Å². The summed E-state index contributed by atoms with van der Waals surface area (Å²) < 4.78 is 7.38. The number of rotatable bonds is 9. The number of benzene rings is 1. The zero-order chi connectivity index (χ0) is 19.9. The van der Waals surface area contributed by atoms with Gasteiger partial charge in [0.15, 0.2) is 16.7 Å². The molecule has 0 aliphatic carbocycles. The second-order valence-corrected chi connectivity index (χ2v) is 7.70. The molecule has 1 aromatic carbocycles. The minimum Gasteiger partial charge on any atom is -0.461 e. The van der Waals surface area contributed by atoms with E-state index in [9.17, 15) is 4.79 Å². The van der Waals surface area contributed by atoms with Crippen LogP contribution in [-0.2, 0) is 11.3 Å². The molecule has 0 saturated heterocycles. The third kappa shape index (κ3) is 5.02. The van der Waals surface area contributed by atoms with Gasteiger partial charge >= 0.3 is 0 Å². The first-order chi connectivity index (χ1) is 13.6. The van der Waals surface area contributed by atoms with Gasteiger partial charge in [-0.05, 0) is 24.6 Å². The number of amides is 1. The Hall–Kier alpha value is -2.58. The maximum absolute atomic E-state index is 12.6. The molecular weight excluding hydrogens is 374 g/mol. The van der Waals surface area contributed by atoms with Crippen molar-refractivity contribution in [3.8, 4) is 11.6 Å². The maximum atomic E-state index is 12.6. The van der Waals surface area contributed by atoms with Crippen LogP contribution in [0.25, 0.3) is 11.6 Å². The summed E-state index contributed by atoms with van der Waals surface area (Å²) >= 11 is 1.38. The number of furan rings is 1. The van der Waals surface area contributed by atoms with E-state index in [4.69, 9.17) is 4.42 Å². The van der Waals surface area contributed by atoms with Gasteiger partial charge in [-0.15, -0.1) is 10.2 Å². The third-order valence-corrected chi connectivity index (χ3v) is 5.22. The van der Waals surface area contributed by atoms with Crippen LogP contribution in [0.3, 0.4) is 0 Å². The summed E-state index contributed by atoms with van der Waals surface area (Å²) in [7, 11) is 4.16. The molecule has 0 fully saturated rings. The van der Waals surface area contributed by atoms with Crippen molar-refractivity contribution in [2.45, 2.75) is 24.7 Å². The number of nitrogens with one attached hydrogen (secondary N) is 2. The first-order valence-corrected chi connectivity index (χ1v) is 10.3. The van der Waals surface area contributed by atoms with Crippen molar-refractivity contribution in [1.29, 1.82) is 0 Å². The molecule has 0 radical (unpaired) electrons. The maximum Gasteiger partial charge on any atom is 0.231 e. The number of carbonyl (C=O) groups excluding carboxylic acids is 1. The van der Waals surface area contributed by atoms with Gasteiger partial charge in [0.05, 0.1) is 26.1 Å². The largest absolute Gasteiger partial charge is 0.461 e. The number of likely N-dealkylation sites (N-methyl/N-ethyl adjacent to an activating group) is 1. The molecule has 0 aliphatic rings. The number of thioether (sulfide) groups is 1. The Morgan fingerprint density at radius 1 is 1.21 bits per heavy atom. The van der Waals surface area contributed by atoms with Crippen LogP contribution in [-0.4, -0.2) is 47.1 Å². The summed E-state index contributed by atoms with van der Waals surface area (Å²) in [5.74, 6) is 1.60. The summed E-state index contributed by atoms with van der Waals surface area (Å²) in [5.41, 5.74) is 1.11. The number of hydrogen-bond acceptors (Lipinski definition) is 5. The van der Waals surface area contributed by atoms with Crippen LogP contribution in [0.4, 0.5) is 0 Å². The Labute approximate surface area is 169 Å². The zero-order valence-electron chi connectivity index (χ0n) is 16.4. The van der Waals surface area contributed by atoms with Gasteiger partial charge in [0.2, 0.25) is 5.91 Å². The summed E-state index contributed by atoms with van der Waals surface area (Å²) in [6, 6.07) is 13.7. The van der Waals surface area contributed by atoms with E-state index in [-0.39, 0.29) is 17.7 Å². The average molecular weight is 401 g/mol. The van der Waals surface area contributed by atoms with E-state index in [0.29, 0.717) is 23.3 Å². The topological polar surface area (TPSA) is 77.4 Å².